The molecule has 0 aliphatic rings. The molecule has 13 nitrogen and oxygen atoms in total. The number of aliphatic carboxylic acids is 1. The van der Waals surface area contributed by atoms with Crippen molar-refractivity contribution in [2.45, 2.75) is 59.1 Å². The second kappa shape index (κ2) is 18.5. The van der Waals surface area contributed by atoms with Crippen molar-refractivity contribution in [1.29, 1.82) is 0 Å². The first kappa shape index (κ1) is 33.3. The maximum atomic E-state index is 11.8. The van der Waals surface area contributed by atoms with Crippen LogP contribution in [-0.2, 0) is 42.9 Å². The quantitative estimate of drug-likeness (QED) is 0.195. The summed E-state index contributed by atoms with van der Waals surface area (Å²) in [5.41, 5.74) is 4.39. The first-order valence-electron chi connectivity index (χ1n) is 10.6. The van der Waals surface area contributed by atoms with Gasteiger partial charge in [0.2, 0.25) is 5.91 Å². The molecule has 0 aliphatic heterocycles. The number of alkyl carbamates (subject to hydrolysis) is 1. The Kier molecular flexibility index (Phi) is 17.6. The van der Waals surface area contributed by atoms with Crippen LogP contribution in [0.1, 0.15) is 47.5 Å². The summed E-state index contributed by atoms with van der Waals surface area (Å²) in [6.07, 6.45) is 2.91. The van der Waals surface area contributed by atoms with Crippen molar-refractivity contribution in [2.24, 2.45) is 5.73 Å². The second-order valence-corrected chi connectivity index (χ2v) is 7.49. The van der Waals surface area contributed by atoms with E-state index >= 15 is 0 Å². The predicted octanol–water partition coefficient (Wildman–Crippen LogP) is 0.998. The van der Waals surface area contributed by atoms with Gasteiger partial charge in [-0.3, -0.25) is 4.79 Å². The highest BCUT2D eigenvalue weighted by molar-refractivity contribution is 5.91. The predicted molar refractivity (Wildman–Crippen MR) is 122 cm³/mol. The summed E-state index contributed by atoms with van der Waals surface area (Å²) in [6, 6.07) is -0.665. The topological polar surface area (TPSA) is 198 Å². The number of carbonyl (C=O) groups excluding carboxylic acids is 5. The van der Waals surface area contributed by atoms with Crippen molar-refractivity contribution in [3.8, 4) is 0 Å². The third-order valence-electron chi connectivity index (χ3n) is 3.18. The molecule has 0 spiro atoms. The van der Waals surface area contributed by atoms with E-state index in [1.807, 2.05) is 0 Å². The van der Waals surface area contributed by atoms with Gasteiger partial charge >= 0.3 is 30.0 Å². The highest BCUT2D eigenvalue weighted by Gasteiger charge is 2.20. The lowest BCUT2D eigenvalue weighted by molar-refractivity contribution is -0.140. The lowest BCUT2D eigenvalue weighted by Gasteiger charge is -2.23. The molecular weight excluding hydrogens is 468 g/mol. The number of hydrogen-bond acceptors (Lipinski definition) is 10. The minimum atomic E-state index is -1.16. The number of hydrogen-bond donors (Lipinski definition) is 3. The Morgan fingerprint density at radius 2 is 1.31 bits per heavy atom. The van der Waals surface area contributed by atoms with E-state index in [-0.39, 0.29) is 32.7 Å². The van der Waals surface area contributed by atoms with Crippen LogP contribution in [0.25, 0.3) is 0 Å². The van der Waals surface area contributed by atoms with Crippen LogP contribution < -0.4 is 11.1 Å². The van der Waals surface area contributed by atoms with E-state index in [4.69, 9.17) is 20.3 Å². The molecule has 4 N–H and O–H groups in total. The number of nitrogens with one attached hydrogen (secondary N) is 1. The summed E-state index contributed by atoms with van der Waals surface area (Å²) >= 11 is 0. The van der Waals surface area contributed by atoms with Crippen LogP contribution in [0.2, 0.25) is 0 Å². The number of ether oxygens (including phenoxy) is 4. The Hall–Kier alpha value is -3.90. The molecule has 13 heteroatoms. The van der Waals surface area contributed by atoms with E-state index in [0.717, 1.165) is 24.3 Å². The Balaban J connectivity index is 0. The summed E-state index contributed by atoms with van der Waals surface area (Å²) in [6.45, 7) is 8.61. The molecule has 0 fully saturated rings. The molecule has 0 rings (SSSR count). The van der Waals surface area contributed by atoms with Crippen LogP contribution in [0.3, 0.4) is 0 Å². The molecule has 0 bridgehead atoms. The number of nitrogens with two attached hydrogens (primary N) is 1. The van der Waals surface area contributed by atoms with Crippen LogP contribution in [0.5, 0.6) is 0 Å². The van der Waals surface area contributed by atoms with Crippen LogP contribution in [0.4, 0.5) is 4.79 Å². The Morgan fingerprint density at radius 1 is 0.857 bits per heavy atom. The summed E-state index contributed by atoms with van der Waals surface area (Å²) < 4.78 is 19.1. The van der Waals surface area contributed by atoms with Gasteiger partial charge in [0.15, 0.2) is 0 Å². The van der Waals surface area contributed by atoms with Crippen molar-refractivity contribution < 1.29 is 52.8 Å². The minimum absolute atomic E-state index is 0.00329. The molecule has 0 heterocycles. The van der Waals surface area contributed by atoms with Crippen LogP contribution >= 0.6 is 0 Å². The lowest BCUT2D eigenvalue weighted by atomic mass is 10.1. The monoisotopic (exact) mass is 502 g/mol. The first-order valence-corrected chi connectivity index (χ1v) is 10.6. The molecule has 0 saturated carbocycles. The molecule has 0 radical (unpaired) electrons. The molecule has 198 valence electrons. The third-order valence-corrected chi connectivity index (χ3v) is 3.18. The first-order chi connectivity index (χ1) is 16.2. The van der Waals surface area contributed by atoms with Crippen LogP contribution in [-0.4, -0.2) is 72.4 Å². The number of primary amides is 1. The fraction of sp³-hybridized carbons (Fsp3) is 0.545. The highest BCUT2D eigenvalue weighted by atomic mass is 16.6. The number of carboxylic acids is 1. The zero-order valence-corrected chi connectivity index (χ0v) is 20.5. The number of amides is 2. The Labute approximate surface area is 203 Å². The van der Waals surface area contributed by atoms with Crippen molar-refractivity contribution in [2.75, 3.05) is 19.8 Å². The molecular formula is C22H34N2O11. The molecule has 0 aromatic carbocycles. The summed E-state index contributed by atoms with van der Waals surface area (Å²) in [4.78, 5) is 65.5. The Bertz CT molecular complexity index is 783. The second-order valence-electron chi connectivity index (χ2n) is 7.49. The number of carbonyl (C=O) groups is 6. The molecule has 35 heavy (non-hydrogen) atoms. The van der Waals surface area contributed by atoms with Gasteiger partial charge in [0.25, 0.3) is 0 Å². The SMILES string of the molecule is CCOC(=O)/C=C/C(=O)O.CCOC(=O)/C=C/C(=O)OC[C@H](CCC(N)=O)NC(=O)OC(C)(C)C. The fourth-order valence-electron chi connectivity index (χ4n) is 1.87. The van der Waals surface area contributed by atoms with Crippen molar-refractivity contribution in [3.63, 3.8) is 0 Å². The maximum absolute atomic E-state index is 11.8. The fourth-order valence-corrected chi connectivity index (χ4v) is 1.87. The van der Waals surface area contributed by atoms with Crippen LogP contribution in [0.15, 0.2) is 24.3 Å². The Morgan fingerprint density at radius 3 is 1.71 bits per heavy atom. The van der Waals surface area contributed by atoms with Gasteiger partial charge in [-0.15, -0.1) is 0 Å². The van der Waals surface area contributed by atoms with Gasteiger partial charge in [-0.2, -0.15) is 0 Å². The van der Waals surface area contributed by atoms with Crippen LogP contribution in [0, 0.1) is 0 Å². The zero-order chi connectivity index (χ0) is 27.4. The van der Waals surface area contributed by atoms with Crippen molar-refractivity contribution >= 4 is 35.9 Å². The maximum Gasteiger partial charge on any atom is 0.407 e. The van der Waals surface area contributed by atoms with E-state index in [9.17, 15) is 28.8 Å². The number of carboxylic acid groups (broad SMARTS) is 1. The normalized spacial score (nSPS) is 11.6. The molecule has 0 aliphatic carbocycles. The molecule has 1 atom stereocenters. The van der Waals surface area contributed by atoms with Gasteiger partial charge in [0.05, 0.1) is 19.3 Å². The summed E-state index contributed by atoms with van der Waals surface area (Å²) in [7, 11) is 0. The third kappa shape index (κ3) is 24.6. The van der Waals surface area contributed by atoms with E-state index in [0.29, 0.717) is 0 Å². The van der Waals surface area contributed by atoms with E-state index < -0.39 is 47.5 Å². The van der Waals surface area contributed by atoms with E-state index in [1.54, 1.807) is 34.6 Å². The van der Waals surface area contributed by atoms with Gasteiger partial charge < -0.3 is 35.1 Å². The average molecular weight is 503 g/mol. The lowest BCUT2D eigenvalue weighted by Crippen LogP contribution is -2.42. The number of rotatable bonds is 12. The molecule has 0 saturated heterocycles. The summed E-state index contributed by atoms with van der Waals surface area (Å²) in [5.74, 6) is -3.80. The van der Waals surface area contributed by atoms with Gasteiger partial charge in [0.1, 0.15) is 12.2 Å². The molecule has 2 amide bonds. The van der Waals surface area contributed by atoms with Gasteiger partial charge in [0, 0.05) is 30.7 Å². The summed E-state index contributed by atoms with van der Waals surface area (Å²) in [5, 5.41) is 10.5. The van der Waals surface area contributed by atoms with E-state index in [2.05, 4.69) is 14.8 Å². The molecule has 0 aromatic heterocycles. The van der Waals surface area contributed by atoms with Gasteiger partial charge in [-0.05, 0) is 41.0 Å². The highest BCUT2D eigenvalue weighted by Crippen LogP contribution is 2.08. The average Bonchev–Trinajstić information content (AvgIpc) is 2.72. The van der Waals surface area contributed by atoms with E-state index in [1.165, 1.54) is 0 Å². The smallest absolute Gasteiger partial charge is 0.407 e. The zero-order valence-electron chi connectivity index (χ0n) is 20.5. The molecule has 0 unspecified atom stereocenters. The molecule has 0 aromatic rings. The minimum Gasteiger partial charge on any atom is -0.478 e. The van der Waals surface area contributed by atoms with Gasteiger partial charge in [-0.1, -0.05) is 0 Å². The van der Waals surface area contributed by atoms with Gasteiger partial charge in [-0.25, -0.2) is 24.0 Å². The van der Waals surface area contributed by atoms with Crippen molar-refractivity contribution in [3.05, 3.63) is 24.3 Å². The standard InChI is InChI=1S/C16H26N2O7.C6H8O4/c1-5-23-13(20)8-9-14(21)24-10-11(6-7-12(17)19)18-15(22)25-16(2,3)4;1-2-10-6(9)4-3-5(7)8/h8-9,11H,5-7,10H2,1-4H3,(H2,17,19)(H,18,22);3-4H,2H2,1H3,(H,7,8)/b9-8+;4-3+/t11-;/m0./s1. The number of esters is 3. The largest absolute Gasteiger partial charge is 0.478 e. The van der Waals surface area contributed by atoms with Crippen molar-refractivity contribution in [1.82, 2.24) is 5.32 Å².